The number of allylic oxidation sites excluding steroid dienone is 1. The Morgan fingerprint density at radius 1 is 1.53 bits per heavy atom. The van der Waals surface area contributed by atoms with Gasteiger partial charge in [0.1, 0.15) is 6.17 Å². The molecule has 0 aliphatic carbocycles. The van der Waals surface area contributed by atoms with Crippen LogP contribution in [0.5, 0.6) is 0 Å². The molecule has 1 nitrogen and oxygen atoms in total. The van der Waals surface area contributed by atoms with Crippen LogP contribution in [-0.2, 0) is 4.74 Å². The van der Waals surface area contributed by atoms with Crippen molar-refractivity contribution in [1.29, 1.82) is 0 Å². The summed E-state index contributed by atoms with van der Waals surface area (Å²) < 4.78 is 19.3. The maximum atomic E-state index is 13.3. The maximum absolute atomic E-state index is 13.3. The lowest BCUT2D eigenvalue weighted by molar-refractivity contribution is 0.0162. The predicted molar refractivity (Wildman–Crippen MR) is 70.8 cm³/mol. The first kappa shape index (κ1) is 14.2. The molecule has 3 atom stereocenters. The minimum absolute atomic E-state index is 0.0171. The lowest BCUT2D eigenvalue weighted by Crippen LogP contribution is -2.21. The summed E-state index contributed by atoms with van der Waals surface area (Å²) in [4.78, 5) is 0. The van der Waals surface area contributed by atoms with Gasteiger partial charge in [-0.3, -0.25) is 0 Å². The van der Waals surface area contributed by atoms with Gasteiger partial charge in [0.25, 0.3) is 0 Å². The lowest BCUT2D eigenvalue weighted by atomic mass is 10.1. The Hall–Kier alpha value is -0.890. The van der Waals surface area contributed by atoms with Crippen LogP contribution in [0.2, 0.25) is 0 Å². The highest BCUT2D eigenvalue weighted by Crippen LogP contribution is 2.22. The number of hydrogen-bond donors (Lipinski definition) is 0. The molecule has 0 N–H and O–H groups in total. The van der Waals surface area contributed by atoms with Crippen LogP contribution in [0.4, 0.5) is 4.39 Å². The van der Waals surface area contributed by atoms with E-state index in [0.717, 1.165) is 24.8 Å². The van der Waals surface area contributed by atoms with E-state index >= 15 is 0 Å². The number of halogens is 1. The monoisotopic (exact) mass is 238 g/mol. The Balaban J connectivity index is 2.65. The summed E-state index contributed by atoms with van der Waals surface area (Å²) in [5.74, 6) is 0. The number of hydrogen-bond acceptors (Lipinski definition) is 1. The van der Waals surface area contributed by atoms with Crippen LogP contribution in [0.1, 0.15) is 39.5 Å². The van der Waals surface area contributed by atoms with Crippen molar-refractivity contribution in [1.82, 2.24) is 0 Å². The van der Waals surface area contributed by atoms with E-state index < -0.39 is 6.17 Å². The molecule has 1 aliphatic heterocycles. The van der Waals surface area contributed by atoms with Gasteiger partial charge in [0.15, 0.2) is 0 Å². The van der Waals surface area contributed by atoms with E-state index in [4.69, 9.17) is 4.74 Å². The Kier molecular flexibility index (Phi) is 6.20. The highest BCUT2D eigenvalue weighted by atomic mass is 19.1. The fourth-order valence-electron chi connectivity index (χ4n) is 1.95. The second-order valence-corrected chi connectivity index (χ2v) is 4.55. The van der Waals surface area contributed by atoms with Gasteiger partial charge in [-0.05, 0) is 44.3 Å². The van der Waals surface area contributed by atoms with Crippen molar-refractivity contribution >= 4 is 0 Å². The van der Waals surface area contributed by atoms with Crippen molar-refractivity contribution in [3.63, 3.8) is 0 Å². The summed E-state index contributed by atoms with van der Waals surface area (Å²) >= 11 is 0. The van der Waals surface area contributed by atoms with E-state index in [1.165, 1.54) is 0 Å². The molecule has 0 fully saturated rings. The van der Waals surface area contributed by atoms with Crippen molar-refractivity contribution in [3.05, 3.63) is 36.5 Å². The summed E-state index contributed by atoms with van der Waals surface area (Å²) in [6, 6.07) is 0. The summed E-state index contributed by atoms with van der Waals surface area (Å²) in [5.41, 5.74) is 1.000. The highest BCUT2D eigenvalue weighted by molar-refractivity contribution is 5.11. The van der Waals surface area contributed by atoms with E-state index in [2.05, 4.69) is 18.7 Å². The van der Waals surface area contributed by atoms with Crippen molar-refractivity contribution in [3.8, 4) is 0 Å². The van der Waals surface area contributed by atoms with Crippen LogP contribution >= 0.6 is 0 Å². The van der Waals surface area contributed by atoms with Gasteiger partial charge in [-0.25, -0.2) is 4.39 Å². The zero-order valence-electron chi connectivity index (χ0n) is 10.9. The van der Waals surface area contributed by atoms with Crippen LogP contribution in [0.25, 0.3) is 0 Å². The molecule has 0 saturated carbocycles. The van der Waals surface area contributed by atoms with Crippen LogP contribution in [0, 0.1) is 0 Å². The molecule has 96 valence electrons. The predicted octanol–water partition coefficient (Wildman–Crippen LogP) is 4.36. The Morgan fingerprint density at radius 2 is 2.24 bits per heavy atom. The number of ether oxygens (including phenoxy) is 1. The Morgan fingerprint density at radius 3 is 2.88 bits per heavy atom. The molecule has 2 heteroatoms. The van der Waals surface area contributed by atoms with Crippen LogP contribution in [-0.4, -0.2) is 18.4 Å². The summed E-state index contributed by atoms with van der Waals surface area (Å²) in [7, 11) is 0. The molecule has 1 rings (SSSR count). The zero-order chi connectivity index (χ0) is 12.7. The standard InChI is InChI=1S/C15H23FO/c1-4-8-14-9-6-7-10-15(17-14)12(3)11-13(16)5-2/h4,6-7,11,13-15H,1,5,8-10H2,2-3H3/b12-11+/t13-,14-,15+/m0/s1. The first-order valence-corrected chi connectivity index (χ1v) is 6.41. The molecule has 0 saturated heterocycles. The Bertz CT molecular complexity index is 293. The van der Waals surface area contributed by atoms with Crippen molar-refractivity contribution < 1.29 is 9.13 Å². The normalized spacial score (nSPS) is 27.6. The van der Waals surface area contributed by atoms with E-state index in [1.54, 1.807) is 6.08 Å². The van der Waals surface area contributed by atoms with E-state index in [0.29, 0.717) is 6.42 Å². The second-order valence-electron chi connectivity index (χ2n) is 4.55. The van der Waals surface area contributed by atoms with E-state index in [9.17, 15) is 4.39 Å². The molecule has 0 aromatic carbocycles. The third-order valence-electron chi connectivity index (χ3n) is 3.04. The van der Waals surface area contributed by atoms with E-state index in [1.807, 2.05) is 19.9 Å². The molecule has 0 amide bonds. The number of rotatable bonds is 5. The van der Waals surface area contributed by atoms with Gasteiger partial charge in [0.2, 0.25) is 0 Å². The van der Waals surface area contributed by atoms with Gasteiger partial charge in [-0.2, -0.15) is 0 Å². The second kappa shape index (κ2) is 7.44. The topological polar surface area (TPSA) is 9.23 Å². The molecule has 1 aliphatic rings. The molecule has 0 radical (unpaired) electrons. The molecule has 1 heterocycles. The van der Waals surface area contributed by atoms with Crippen molar-refractivity contribution in [2.75, 3.05) is 0 Å². The van der Waals surface area contributed by atoms with Gasteiger partial charge in [0.05, 0.1) is 12.2 Å². The fraction of sp³-hybridized carbons (Fsp3) is 0.600. The third-order valence-corrected chi connectivity index (χ3v) is 3.04. The van der Waals surface area contributed by atoms with Gasteiger partial charge < -0.3 is 4.74 Å². The third kappa shape index (κ3) is 4.86. The average Bonchev–Trinajstić information content (AvgIpc) is 2.55. The van der Waals surface area contributed by atoms with Gasteiger partial charge in [-0.15, -0.1) is 6.58 Å². The molecule has 0 aromatic rings. The summed E-state index contributed by atoms with van der Waals surface area (Å²) in [6.45, 7) is 7.54. The molecular formula is C15H23FO. The Labute approximate surface area is 104 Å². The van der Waals surface area contributed by atoms with Crippen molar-refractivity contribution in [2.24, 2.45) is 0 Å². The van der Waals surface area contributed by atoms with Gasteiger partial charge in [0, 0.05) is 0 Å². The minimum atomic E-state index is -0.858. The molecule has 0 bridgehead atoms. The molecule has 0 unspecified atom stereocenters. The summed E-state index contributed by atoms with van der Waals surface area (Å²) in [6.07, 6.45) is 10.3. The van der Waals surface area contributed by atoms with Crippen LogP contribution in [0.3, 0.4) is 0 Å². The zero-order valence-corrected chi connectivity index (χ0v) is 10.9. The minimum Gasteiger partial charge on any atom is -0.370 e. The average molecular weight is 238 g/mol. The molecule has 0 aromatic heterocycles. The molecular weight excluding hydrogens is 215 g/mol. The van der Waals surface area contributed by atoms with Crippen LogP contribution < -0.4 is 0 Å². The smallest absolute Gasteiger partial charge is 0.118 e. The summed E-state index contributed by atoms with van der Waals surface area (Å²) in [5, 5.41) is 0. The SMILES string of the molecule is C=CC[C@H]1CC=CC[C@H](/C(C)=C/[C@@H](F)CC)O1. The first-order chi connectivity index (χ1) is 8.17. The first-order valence-electron chi connectivity index (χ1n) is 6.41. The lowest BCUT2D eigenvalue weighted by Gasteiger charge is -2.22. The fourth-order valence-corrected chi connectivity index (χ4v) is 1.95. The quantitative estimate of drug-likeness (QED) is 0.647. The highest BCUT2D eigenvalue weighted by Gasteiger charge is 2.18. The maximum Gasteiger partial charge on any atom is 0.118 e. The van der Waals surface area contributed by atoms with Gasteiger partial charge >= 0.3 is 0 Å². The van der Waals surface area contributed by atoms with Crippen molar-refractivity contribution in [2.45, 2.75) is 57.9 Å². The number of alkyl halides is 1. The van der Waals surface area contributed by atoms with E-state index in [-0.39, 0.29) is 12.2 Å². The molecule has 17 heavy (non-hydrogen) atoms. The van der Waals surface area contributed by atoms with Crippen LogP contribution in [0.15, 0.2) is 36.5 Å². The molecule has 0 spiro atoms. The van der Waals surface area contributed by atoms with Gasteiger partial charge in [-0.1, -0.05) is 25.2 Å². The largest absolute Gasteiger partial charge is 0.370 e.